The Labute approximate surface area is 209 Å². The van der Waals surface area contributed by atoms with Crippen LogP contribution < -0.4 is 9.64 Å². The summed E-state index contributed by atoms with van der Waals surface area (Å²) >= 11 is 0. The number of fused-ring (bicyclic) bond motifs is 1. The van der Waals surface area contributed by atoms with E-state index < -0.39 is 0 Å². The molecule has 3 heterocycles. The fourth-order valence-electron chi connectivity index (χ4n) is 4.20. The van der Waals surface area contributed by atoms with Crippen LogP contribution in [0.1, 0.15) is 37.9 Å². The Morgan fingerprint density at radius 1 is 0.943 bits per heavy atom. The molecule has 184 valence electrons. The summed E-state index contributed by atoms with van der Waals surface area (Å²) in [7, 11) is 2.16. The summed E-state index contributed by atoms with van der Waals surface area (Å²) in [4.78, 5) is 20.9. The second-order valence-electron chi connectivity index (χ2n) is 9.00. The van der Waals surface area contributed by atoms with Crippen molar-refractivity contribution in [2.24, 2.45) is 0 Å². The van der Waals surface area contributed by atoms with Crippen molar-refractivity contribution in [2.75, 3.05) is 64.4 Å². The van der Waals surface area contributed by atoms with Crippen molar-refractivity contribution < 1.29 is 4.74 Å². The lowest BCUT2D eigenvalue weighted by Gasteiger charge is -2.32. The smallest absolute Gasteiger partial charge is 0.249 e. The zero-order chi connectivity index (χ0) is 24.5. The lowest BCUT2D eigenvalue weighted by molar-refractivity contribution is 0.132. The molecule has 1 saturated heterocycles. The molecule has 0 radical (unpaired) electrons. The molecule has 35 heavy (non-hydrogen) atoms. The van der Waals surface area contributed by atoms with E-state index in [0.717, 1.165) is 64.2 Å². The van der Waals surface area contributed by atoms with Gasteiger partial charge in [-0.2, -0.15) is 0 Å². The van der Waals surface area contributed by atoms with Gasteiger partial charge in [0.15, 0.2) is 11.3 Å². The van der Waals surface area contributed by atoms with Crippen LogP contribution in [0.2, 0.25) is 0 Å². The summed E-state index contributed by atoms with van der Waals surface area (Å²) in [5.41, 5.74) is 3.99. The molecule has 2 aromatic heterocycles. The molecule has 0 aliphatic carbocycles. The van der Waals surface area contributed by atoms with Crippen LogP contribution in [0.15, 0.2) is 42.6 Å². The largest absolute Gasteiger partial charge is 0.474 e. The predicted molar refractivity (Wildman–Crippen MR) is 142 cm³/mol. The number of benzene rings is 1. The molecule has 7 nitrogen and oxygen atoms in total. The van der Waals surface area contributed by atoms with Crippen LogP contribution in [0.4, 0.5) is 5.69 Å². The number of hydrogen-bond acceptors (Lipinski definition) is 7. The number of pyridine rings is 1. The van der Waals surface area contributed by atoms with Crippen molar-refractivity contribution in [1.82, 2.24) is 24.8 Å². The average Bonchev–Trinajstić information content (AvgIpc) is 2.89. The van der Waals surface area contributed by atoms with E-state index in [0.29, 0.717) is 29.3 Å². The van der Waals surface area contributed by atoms with Crippen LogP contribution in [-0.2, 0) is 0 Å². The molecule has 0 bridgehead atoms. The maximum absolute atomic E-state index is 6.10. The first-order chi connectivity index (χ1) is 17.2. The molecule has 0 amide bonds. The number of piperazine rings is 1. The molecule has 1 aromatic carbocycles. The quantitative estimate of drug-likeness (QED) is 0.440. The third kappa shape index (κ3) is 6.91. The van der Waals surface area contributed by atoms with E-state index in [-0.39, 0.29) is 0 Å². The maximum atomic E-state index is 6.10. The summed E-state index contributed by atoms with van der Waals surface area (Å²) in [5.74, 6) is 6.91. The van der Waals surface area contributed by atoms with Gasteiger partial charge in [-0.3, -0.25) is 4.90 Å². The number of hydrogen-bond donors (Lipinski definition) is 0. The molecule has 0 atom stereocenters. The predicted octanol–water partition coefficient (Wildman–Crippen LogP) is 3.68. The zero-order valence-corrected chi connectivity index (χ0v) is 21.2. The van der Waals surface area contributed by atoms with Crippen molar-refractivity contribution in [3.8, 4) is 17.7 Å². The molecule has 0 N–H and O–H groups in total. The van der Waals surface area contributed by atoms with Gasteiger partial charge < -0.3 is 14.5 Å². The number of ether oxygens (including phenoxy) is 1. The first kappa shape index (κ1) is 24.9. The number of likely N-dealkylation sites (N-methyl/N-ethyl adjacent to an activating group) is 1. The van der Waals surface area contributed by atoms with E-state index in [2.05, 4.69) is 86.7 Å². The Hall–Kier alpha value is -3.21. The minimum Gasteiger partial charge on any atom is -0.474 e. The van der Waals surface area contributed by atoms with Gasteiger partial charge >= 0.3 is 0 Å². The topological polar surface area (TPSA) is 57.6 Å². The van der Waals surface area contributed by atoms with Crippen LogP contribution >= 0.6 is 0 Å². The van der Waals surface area contributed by atoms with Crippen molar-refractivity contribution in [3.05, 3.63) is 53.9 Å². The van der Waals surface area contributed by atoms with E-state index in [4.69, 9.17) is 4.74 Å². The summed E-state index contributed by atoms with van der Waals surface area (Å²) in [6.07, 6.45) is 3.99. The molecule has 1 aliphatic heterocycles. The number of anilines is 1. The number of rotatable bonds is 9. The lowest BCUT2D eigenvalue weighted by Crippen LogP contribution is -2.45. The highest BCUT2D eigenvalue weighted by atomic mass is 16.5. The third-order valence-corrected chi connectivity index (χ3v) is 6.20. The van der Waals surface area contributed by atoms with Gasteiger partial charge in [0.25, 0.3) is 0 Å². The first-order valence-electron chi connectivity index (χ1n) is 12.7. The molecule has 1 aliphatic rings. The number of aromatic nitrogens is 3. The molecular formula is C28H36N6O. The van der Waals surface area contributed by atoms with E-state index in [1.54, 1.807) is 6.20 Å². The van der Waals surface area contributed by atoms with Crippen LogP contribution in [-0.4, -0.2) is 84.2 Å². The standard InChI is InChI=1S/C28H36N6O/c1-4-15-34(16-5-2)24-11-8-23(9-12-24)10-13-26-28(31-25-7-6-14-29-27(25)30-26)35-22-21-33-19-17-32(3)18-20-33/h6-9,11-12,14H,4-5,15-22H2,1-3H3. The van der Waals surface area contributed by atoms with Gasteiger partial charge in [-0.1, -0.05) is 19.8 Å². The molecule has 0 saturated carbocycles. The highest BCUT2D eigenvalue weighted by molar-refractivity contribution is 5.71. The van der Waals surface area contributed by atoms with Crippen LogP contribution in [0.25, 0.3) is 11.2 Å². The van der Waals surface area contributed by atoms with Crippen LogP contribution in [0.3, 0.4) is 0 Å². The molecule has 4 rings (SSSR count). The van der Waals surface area contributed by atoms with Gasteiger partial charge in [-0.15, -0.1) is 0 Å². The Balaban J connectivity index is 1.50. The van der Waals surface area contributed by atoms with Crippen molar-refractivity contribution >= 4 is 16.9 Å². The minimum atomic E-state index is 0.473. The molecule has 7 heteroatoms. The molecule has 0 unspecified atom stereocenters. The van der Waals surface area contributed by atoms with Gasteiger partial charge in [-0.05, 0) is 62.2 Å². The SMILES string of the molecule is CCCN(CCC)c1ccc(C#Cc2nc3ncccc3nc2OCCN2CCN(C)CC2)cc1. The first-order valence-corrected chi connectivity index (χ1v) is 12.7. The molecule has 0 spiro atoms. The van der Waals surface area contributed by atoms with Gasteiger partial charge in [0.1, 0.15) is 12.1 Å². The fraction of sp³-hybridized carbons (Fsp3) is 0.464. The van der Waals surface area contributed by atoms with Gasteiger partial charge in [0, 0.05) is 63.3 Å². The second kappa shape index (κ2) is 12.5. The molecule has 1 fully saturated rings. The molecular weight excluding hydrogens is 436 g/mol. The van der Waals surface area contributed by atoms with E-state index in [1.165, 1.54) is 5.69 Å². The Morgan fingerprint density at radius 3 is 2.40 bits per heavy atom. The monoisotopic (exact) mass is 472 g/mol. The minimum absolute atomic E-state index is 0.473. The third-order valence-electron chi connectivity index (χ3n) is 6.20. The average molecular weight is 473 g/mol. The summed E-state index contributed by atoms with van der Waals surface area (Å²) < 4.78 is 6.10. The Morgan fingerprint density at radius 2 is 1.69 bits per heavy atom. The van der Waals surface area contributed by atoms with E-state index in [1.807, 2.05) is 12.1 Å². The second-order valence-corrected chi connectivity index (χ2v) is 9.00. The Kier molecular flexibility index (Phi) is 8.88. The van der Waals surface area contributed by atoms with E-state index >= 15 is 0 Å². The summed E-state index contributed by atoms with van der Waals surface area (Å²) in [6.45, 7) is 12.3. The summed E-state index contributed by atoms with van der Waals surface area (Å²) in [6, 6.07) is 12.2. The van der Waals surface area contributed by atoms with Crippen molar-refractivity contribution in [3.63, 3.8) is 0 Å². The van der Waals surface area contributed by atoms with E-state index in [9.17, 15) is 0 Å². The highest BCUT2D eigenvalue weighted by Crippen LogP contribution is 2.19. The van der Waals surface area contributed by atoms with Crippen molar-refractivity contribution in [2.45, 2.75) is 26.7 Å². The summed E-state index contributed by atoms with van der Waals surface area (Å²) in [5, 5.41) is 0. The maximum Gasteiger partial charge on any atom is 0.249 e. The van der Waals surface area contributed by atoms with Gasteiger partial charge in [0.2, 0.25) is 5.88 Å². The fourth-order valence-corrected chi connectivity index (χ4v) is 4.20. The molecule has 3 aromatic rings. The van der Waals surface area contributed by atoms with Gasteiger partial charge in [-0.25, -0.2) is 15.0 Å². The van der Waals surface area contributed by atoms with Gasteiger partial charge in [0.05, 0.1) is 0 Å². The normalized spacial score (nSPS) is 14.5. The lowest BCUT2D eigenvalue weighted by atomic mass is 10.2. The Bertz CT molecular complexity index is 1140. The zero-order valence-electron chi connectivity index (χ0n) is 21.2. The number of nitrogens with zero attached hydrogens (tertiary/aromatic N) is 6. The van der Waals surface area contributed by atoms with Crippen LogP contribution in [0, 0.1) is 11.8 Å². The van der Waals surface area contributed by atoms with Crippen LogP contribution in [0.5, 0.6) is 5.88 Å². The highest BCUT2D eigenvalue weighted by Gasteiger charge is 2.15. The van der Waals surface area contributed by atoms with Crippen molar-refractivity contribution in [1.29, 1.82) is 0 Å².